The van der Waals surface area contributed by atoms with Crippen LogP contribution in [0.3, 0.4) is 0 Å². The first-order valence-corrected chi connectivity index (χ1v) is 8.61. The Bertz CT molecular complexity index is 502. The van der Waals surface area contributed by atoms with Crippen molar-refractivity contribution in [1.82, 2.24) is 10.6 Å². The zero-order valence-corrected chi connectivity index (χ0v) is 14.7. The summed E-state index contributed by atoms with van der Waals surface area (Å²) in [6, 6.07) is 8.05. The molecule has 1 unspecified atom stereocenters. The maximum atomic E-state index is 5.73. The Labute approximate surface area is 144 Å². The summed E-state index contributed by atoms with van der Waals surface area (Å²) >= 11 is 0. The van der Waals surface area contributed by atoms with Gasteiger partial charge in [0.05, 0.1) is 19.3 Å². The normalized spacial score (nSPS) is 17.8. The number of rotatable bonds is 9. The van der Waals surface area contributed by atoms with Gasteiger partial charge in [-0.2, -0.15) is 0 Å². The summed E-state index contributed by atoms with van der Waals surface area (Å²) in [6.45, 7) is 6.47. The summed E-state index contributed by atoms with van der Waals surface area (Å²) in [5.41, 5.74) is 1.20. The molecule has 1 atom stereocenters. The lowest BCUT2D eigenvalue weighted by molar-refractivity contribution is 0.0420. The highest BCUT2D eigenvalue weighted by Crippen LogP contribution is 2.11. The standard InChI is InChI=1S/C18H29N3O3/c1-15-5-3-6-16(13-15)24-12-9-21-18(19-2)20-8-4-10-23-17-7-11-22-14-17/h3,5-6,13,17H,4,7-12,14H2,1-2H3,(H2,19,20,21). The monoisotopic (exact) mass is 335 g/mol. The number of aliphatic imine (C=N–C) groups is 1. The molecule has 1 aliphatic heterocycles. The summed E-state index contributed by atoms with van der Waals surface area (Å²) < 4.78 is 16.7. The van der Waals surface area contributed by atoms with Crippen molar-refractivity contribution in [2.45, 2.75) is 25.9 Å². The molecule has 0 aromatic heterocycles. The van der Waals surface area contributed by atoms with Crippen molar-refractivity contribution >= 4 is 5.96 Å². The topological polar surface area (TPSA) is 64.1 Å². The molecule has 1 aromatic carbocycles. The maximum absolute atomic E-state index is 5.73. The Morgan fingerprint density at radius 2 is 2.17 bits per heavy atom. The molecule has 1 saturated heterocycles. The molecular weight excluding hydrogens is 306 g/mol. The van der Waals surface area contributed by atoms with Crippen LogP contribution in [0.4, 0.5) is 0 Å². The van der Waals surface area contributed by atoms with E-state index in [2.05, 4.69) is 28.6 Å². The number of benzene rings is 1. The zero-order valence-electron chi connectivity index (χ0n) is 14.7. The number of nitrogens with zero attached hydrogens (tertiary/aromatic N) is 1. The van der Waals surface area contributed by atoms with Gasteiger partial charge in [-0.3, -0.25) is 4.99 Å². The highest BCUT2D eigenvalue weighted by Gasteiger charge is 2.15. The third-order valence-corrected chi connectivity index (χ3v) is 3.73. The van der Waals surface area contributed by atoms with Crippen molar-refractivity contribution in [3.8, 4) is 5.75 Å². The minimum Gasteiger partial charge on any atom is -0.492 e. The second-order valence-electron chi connectivity index (χ2n) is 5.80. The molecule has 0 spiro atoms. The Hall–Kier alpha value is -1.79. The van der Waals surface area contributed by atoms with E-state index in [9.17, 15) is 0 Å². The smallest absolute Gasteiger partial charge is 0.191 e. The van der Waals surface area contributed by atoms with Gasteiger partial charge in [-0.25, -0.2) is 0 Å². The minimum absolute atomic E-state index is 0.279. The van der Waals surface area contributed by atoms with Gasteiger partial charge in [0.1, 0.15) is 12.4 Å². The summed E-state index contributed by atoms with van der Waals surface area (Å²) in [5, 5.41) is 6.51. The maximum Gasteiger partial charge on any atom is 0.191 e. The van der Waals surface area contributed by atoms with Gasteiger partial charge in [0.25, 0.3) is 0 Å². The number of nitrogens with one attached hydrogen (secondary N) is 2. The molecule has 134 valence electrons. The Balaban J connectivity index is 1.50. The third kappa shape index (κ3) is 7.19. The van der Waals surface area contributed by atoms with Crippen LogP contribution in [0.15, 0.2) is 29.3 Å². The van der Waals surface area contributed by atoms with Gasteiger partial charge in [0.2, 0.25) is 0 Å². The second-order valence-corrected chi connectivity index (χ2v) is 5.80. The fourth-order valence-corrected chi connectivity index (χ4v) is 2.44. The number of hydrogen-bond donors (Lipinski definition) is 2. The van der Waals surface area contributed by atoms with Gasteiger partial charge < -0.3 is 24.8 Å². The quantitative estimate of drug-likeness (QED) is 0.409. The molecule has 1 fully saturated rings. The average Bonchev–Trinajstić information content (AvgIpc) is 3.10. The summed E-state index contributed by atoms with van der Waals surface area (Å²) in [7, 11) is 1.77. The molecule has 6 heteroatoms. The van der Waals surface area contributed by atoms with Crippen molar-refractivity contribution < 1.29 is 14.2 Å². The van der Waals surface area contributed by atoms with Crippen LogP contribution in [-0.2, 0) is 9.47 Å². The lowest BCUT2D eigenvalue weighted by atomic mass is 10.2. The van der Waals surface area contributed by atoms with E-state index in [1.807, 2.05) is 18.2 Å². The van der Waals surface area contributed by atoms with Gasteiger partial charge in [-0.1, -0.05) is 12.1 Å². The van der Waals surface area contributed by atoms with E-state index in [1.54, 1.807) is 7.05 Å². The lowest BCUT2D eigenvalue weighted by Gasteiger charge is -2.13. The first-order chi connectivity index (χ1) is 11.8. The van der Waals surface area contributed by atoms with Crippen molar-refractivity contribution in [2.24, 2.45) is 4.99 Å². The molecule has 2 N–H and O–H groups in total. The molecule has 0 radical (unpaired) electrons. The predicted octanol–water partition coefficient (Wildman–Crippen LogP) is 1.73. The average molecular weight is 335 g/mol. The molecule has 6 nitrogen and oxygen atoms in total. The highest BCUT2D eigenvalue weighted by molar-refractivity contribution is 5.79. The van der Waals surface area contributed by atoms with E-state index in [-0.39, 0.29) is 6.10 Å². The van der Waals surface area contributed by atoms with Crippen LogP contribution >= 0.6 is 0 Å². The molecule has 1 heterocycles. The van der Waals surface area contributed by atoms with Crippen LogP contribution in [0.1, 0.15) is 18.4 Å². The number of ether oxygens (including phenoxy) is 3. The van der Waals surface area contributed by atoms with Crippen LogP contribution < -0.4 is 15.4 Å². The Morgan fingerprint density at radius 3 is 2.92 bits per heavy atom. The van der Waals surface area contributed by atoms with Crippen LogP contribution in [0.2, 0.25) is 0 Å². The molecule has 2 rings (SSSR count). The van der Waals surface area contributed by atoms with Gasteiger partial charge in [0.15, 0.2) is 5.96 Å². The van der Waals surface area contributed by atoms with Crippen molar-refractivity contribution in [3.63, 3.8) is 0 Å². The van der Waals surface area contributed by atoms with E-state index in [0.29, 0.717) is 13.2 Å². The zero-order chi connectivity index (χ0) is 17.0. The van der Waals surface area contributed by atoms with Gasteiger partial charge >= 0.3 is 0 Å². The molecule has 0 bridgehead atoms. The minimum atomic E-state index is 0.279. The van der Waals surface area contributed by atoms with Gasteiger partial charge in [-0.15, -0.1) is 0 Å². The molecule has 0 saturated carbocycles. The summed E-state index contributed by atoms with van der Waals surface area (Å²) in [4.78, 5) is 4.20. The summed E-state index contributed by atoms with van der Waals surface area (Å²) in [6.07, 6.45) is 2.23. The van der Waals surface area contributed by atoms with E-state index in [4.69, 9.17) is 14.2 Å². The number of guanidine groups is 1. The van der Waals surface area contributed by atoms with Crippen LogP contribution in [0.25, 0.3) is 0 Å². The van der Waals surface area contributed by atoms with Crippen LogP contribution in [0, 0.1) is 6.92 Å². The molecule has 1 aliphatic rings. The fourth-order valence-electron chi connectivity index (χ4n) is 2.44. The molecule has 24 heavy (non-hydrogen) atoms. The Kier molecular flexibility index (Phi) is 8.41. The van der Waals surface area contributed by atoms with Gasteiger partial charge in [0, 0.05) is 26.8 Å². The highest BCUT2D eigenvalue weighted by atomic mass is 16.5. The van der Waals surface area contributed by atoms with Gasteiger partial charge in [-0.05, 0) is 37.5 Å². The molecular formula is C18H29N3O3. The predicted molar refractivity (Wildman–Crippen MR) is 95.8 cm³/mol. The Morgan fingerprint density at radius 1 is 1.29 bits per heavy atom. The molecule has 0 aliphatic carbocycles. The molecule has 0 amide bonds. The fraction of sp³-hybridized carbons (Fsp3) is 0.611. The van der Waals surface area contributed by atoms with Crippen molar-refractivity contribution in [3.05, 3.63) is 29.8 Å². The van der Waals surface area contributed by atoms with Crippen LogP contribution in [0.5, 0.6) is 5.75 Å². The lowest BCUT2D eigenvalue weighted by Crippen LogP contribution is -2.40. The van der Waals surface area contributed by atoms with Crippen molar-refractivity contribution in [1.29, 1.82) is 0 Å². The second kappa shape index (κ2) is 10.9. The van der Waals surface area contributed by atoms with Crippen molar-refractivity contribution in [2.75, 3.05) is 46.6 Å². The SMILES string of the molecule is CN=C(NCCCOC1CCOC1)NCCOc1cccc(C)c1. The largest absolute Gasteiger partial charge is 0.492 e. The first-order valence-electron chi connectivity index (χ1n) is 8.61. The number of aryl methyl sites for hydroxylation is 1. The summed E-state index contributed by atoms with van der Waals surface area (Å²) in [5.74, 6) is 1.68. The van der Waals surface area contributed by atoms with Crippen LogP contribution in [-0.4, -0.2) is 58.6 Å². The van der Waals surface area contributed by atoms with E-state index in [0.717, 1.165) is 50.9 Å². The first kappa shape index (κ1) is 18.5. The van der Waals surface area contributed by atoms with E-state index < -0.39 is 0 Å². The van der Waals surface area contributed by atoms with E-state index >= 15 is 0 Å². The number of hydrogen-bond acceptors (Lipinski definition) is 4. The van der Waals surface area contributed by atoms with E-state index in [1.165, 1.54) is 5.56 Å². The molecule has 1 aromatic rings. The third-order valence-electron chi connectivity index (χ3n) is 3.73.